The molecule has 0 radical (unpaired) electrons. The van der Waals surface area contributed by atoms with Crippen LogP contribution in [0.2, 0.25) is 0 Å². The van der Waals surface area contributed by atoms with Gasteiger partial charge in [0.05, 0.1) is 0 Å². The molecule has 0 saturated carbocycles. The molecule has 13 heavy (non-hydrogen) atoms. The van der Waals surface area contributed by atoms with Gasteiger partial charge in [0.25, 0.3) is 0 Å². The lowest BCUT2D eigenvalue weighted by Gasteiger charge is -2.34. The minimum atomic E-state index is -0.789. The highest BCUT2D eigenvalue weighted by Gasteiger charge is 2.33. The van der Waals surface area contributed by atoms with Crippen LogP contribution in [0.3, 0.4) is 0 Å². The van der Waals surface area contributed by atoms with Gasteiger partial charge in [-0.1, -0.05) is 20.8 Å². The van der Waals surface area contributed by atoms with Crippen LogP contribution in [0, 0.1) is 5.41 Å². The quantitative estimate of drug-likeness (QED) is 0.694. The molecule has 0 aromatic heterocycles. The number of nitrogens with one attached hydrogen (secondary N) is 1. The molecule has 0 aliphatic heterocycles. The lowest BCUT2D eigenvalue weighted by Crippen LogP contribution is -2.53. The second-order valence-electron chi connectivity index (χ2n) is 5.53. The summed E-state index contributed by atoms with van der Waals surface area (Å²) in [4.78, 5) is 11.0. The molecule has 0 bridgehead atoms. The van der Waals surface area contributed by atoms with Gasteiger partial charge in [0.2, 0.25) is 0 Å². The maximum absolute atomic E-state index is 11.0. The van der Waals surface area contributed by atoms with E-state index in [0.29, 0.717) is 0 Å². The largest absolute Gasteiger partial charge is 0.480 e. The number of hydrogen-bond donors (Lipinski definition) is 2. The molecule has 0 fully saturated rings. The Labute approximate surface area is 80.5 Å². The molecule has 1 atom stereocenters. The van der Waals surface area contributed by atoms with Crippen LogP contribution in [0.15, 0.2) is 0 Å². The van der Waals surface area contributed by atoms with E-state index in [2.05, 4.69) is 5.32 Å². The number of aliphatic carboxylic acids is 1. The molecule has 0 saturated heterocycles. The fourth-order valence-electron chi connectivity index (χ4n) is 1.08. The molecule has 0 heterocycles. The second kappa shape index (κ2) is 3.66. The van der Waals surface area contributed by atoms with Crippen molar-refractivity contribution in [3.63, 3.8) is 0 Å². The van der Waals surface area contributed by atoms with E-state index in [1.54, 1.807) is 0 Å². The van der Waals surface area contributed by atoms with Crippen LogP contribution >= 0.6 is 0 Å². The van der Waals surface area contributed by atoms with Crippen molar-refractivity contribution >= 4 is 5.97 Å². The monoisotopic (exact) mass is 187 g/mol. The number of rotatable bonds is 2. The summed E-state index contributed by atoms with van der Waals surface area (Å²) in [7, 11) is 0. The molecule has 0 rings (SSSR count). The molecule has 3 heteroatoms. The predicted octanol–water partition coefficient (Wildman–Crippen LogP) is 1.87. The summed E-state index contributed by atoms with van der Waals surface area (Å²) in [6.07, 6.45) is 0. The average Bonchev–Trinajstić information content (AvgIpc) is 1.77. The first-order chi connectivity index (χ1) is 5.54. The molecule has 2 N–H and O–H groups in total. The van der Waals surface area contributed by atoms with Gasteiger partial charge in [0, 0.05) is 5.54 Å². The van der Waals surface area contributed by atoms with E-state index < -0.39 is 12.0 Å². The maximum Gasteiger partial charge on any atom is 0.321 e. The molecule has 0 aromatic carbocycles. The lowest BCUT2D eigenvalue weighted by molar-refractivity contribution is -0.143. The Morgan fingerprint density at radius 2 is 1.54 bits per heavy atom. The Hall–Kier alpha value is -0.570. The van der Waals surface area contributed by atoms with E-state index in [1.807, 2.05) is 41.5 Å². The SMILES string of the molecule is CC(C)(C)N[C@H](C(=O)O)C(C)(C)C. The summed E-state index contributed by atoms with van der Waals surface area (Å²) in [5.74, 6) is -0.789. The molecule has 0 unspecified atom stereocenters. The molecule has 3 nitrogen and oxygen atoms in total. The van der Waals surface area contributed by atoms with E-state index >= 15 is 0 Å². The van der Waals surface area contributed by atoms with Crippen LogP contribution in [-0.2, 0) is 4.79 Å². The predicted molar refractivity (Wildman–Crippen MR) is 53.8 cm³/mol. The van der Waals surface area contributed by atoms with Gasteiger partial charge in [-0.3, -0.25) is 10.1 Å². The Bertz CT molecular complexity index is 186. The van der Waals surface area contributed by atoms with Crippen molar-refractivity contribution in [2.45, 2.75) is 53.1 Å². The fraction of sp³-hybridized carbons (Fsp3) is 0.900. The molecule has 78 valence electrons. The highest BCUT2D eigenvalue weighted by Crippen LogP contribution is 2.21. The van der Waals surface area contributed by atoms with Crippen molar-refractivity contribution in [3.05, 3.63) is 0 Å². The maximum atomic E-state index is 11.0. The van der Waals surface area contributed by atoms with Gasteiger partial charge in [0.15, 0.2) is 0 Å². The van der Waals surface area contributed by atoms with Gasteiger partial charge in [-0.15, -0.1) is 0 Å². The minimum Gasteiger partial charge on any atom is -0.480 e. The van der Waals surface area contributed by atoms with E-state index in [1.165, 1.54) is 0 Å². The zero-order valence-corrected chi connectivity index (χ0v) is 9.43. The Morgan fingerprint density at radius 1 is 1.15 bits per heavy atom. The zero-order valence-electron chi connectivity index (χ0n) is 9.43. The molecular formula is C10H21NO2. The van der Waals surface area contributed by atoms with E-state index in [-0.39, 0.29) is 11.0 Å². The Balaban J connectivity index is 4.56. The van der Waals surface area contributed by atoms with Crippen molar-refractivity contribution in [1.29, 1.82) is 0 Å². The summed E-state index contributed by atoms with van der Waals surface area (Å²) >= 11 is 0. The molecule has 0 aliphatic rings. The van der Waals surface area contributed by atoms with Crippen LogP contribution in [0.25, 0.3) is 0 Å². The zero-order chi connectivity index (χ0) is 10.9. The van der Waals surface area contributed by atoms with Crippen molar-refractivity contribution in [2.24, 2.45) is 5.41 Å². The third-order valence-corrected chi connectivity index (χ3v) is 1.69. The molecule has 0 amide bonds. The van der Waals surface area contributed by atoms with Crippen molar-refractivity contribution in [1.82, 2.24) is 5.32 Å². The van der Waals surface area contributed by atoms with Gasteiger partial charge >= 0.3 is 5.97 Å². The average molecular weight is 187 g/mol. The summed E-state index contributed by atoms with van der Waals surface area (Å²) in [6, 6.07) is -0.507. The number of carboxylic acid groups (broad SMARTS) is 1. The summed E-state index contributed by atoms with van der Waals surface area (Å²) < 4.78 is 0. The second-order valence-corrected chi connectivity index (χ2v) is 5.53. The summed E-state index contributed by atoms with van der Waals surface area (Å²) in [6.45, 7) is 11.7. The van der Waals surface area contributed by atoms with Crippen LogP contribution in [0.1, 0.15) is 41.5 Å². The Morgan fingerprint density at radius 3 is 1.62 bits per heavy atom. The van der Waals surface area contributed by atoms with Gasteiger partial charge in [-0.2, -0.15) is 0 Å². The fourth-order valence-corrected chi connectivity index (χ4v) is 1.08. The highest BCUT2D eigenvalue weighted by atomic mass is 16.4. The van der Waals surface area contributed by atoms with E-state index in [0.717, 1.165) is 0 Å². The van der Waals surface area contributed by atoms with Gasteiger partial charge in [0.1, 0.15) is 6.04 Å². The van der Waals surface area contributed by atoms with Crippen LogP contribution in [0.5, 0.6) is 0 Å². The van der Waals surface area contributed by atoms with Gasteiger partial charge < -0.3 is 5.11 Å². The lowest BCUT2D eigenvalue weighted by atomic mass is 9.85. The van der Waals surface area contributed by atoms with Crippen LogP contribution < -0.4 is 5.32 Å². The van der Waals surface area contributed by atoms with Crippen molar-refractivity contribution < 1.29 is 9.90 Å². The van der Waals surface area contributed by atoms with E-state index in [4.69, 9.17) is 5.11 Å². The smallest absolute Gasteiger partial charge is 0.321 e. The van der Waals surface area contributed by atoms with Gasteiger partial charge in [-0.05, 0) is 26.2 Å². The first-order valence-electron chi connectivity index (χ1n) is 4.54. The summed E-state index contributed by atoms with van der Waals surface area (Å²) in [5.41, 5.74) is -0.435. The summed E-state index contributed by atoms with van der Waals surface area (Å²) in [5, 5.41) is 12.1. The van der Waals surface area contributed by atoms with E-state index in [9.17, 15) is 4.79 Å². The number of carbonyl (C=O) groups is 1. The normalized spacial score (nSPS) is 15.5. The molecule has 0 aliphatic carbocycles. The molecular weight excluding hydrogens is 166 g/mol. The first kappa shape index (κ1) is 12.4. The van der Waals surface area contributed by atoms with Gasteiger partial charge in [-0.25, -0.2) is 0 Å². The Kier molecular flexibility index (Phi) is 3.50. The standard InChI is InChI=1S/C10H21NO2/c1-9(2,3)7(8(12)13)11-10(4,5)6/h7,11H,1-6H3,(H,12,13)/t7-/m1/s1. The molecule has 0 spiro atoms. The molecule has 0 aromatic rings. The minimum absolute atomic E-state index is 0.170. The van der Waals surface area contributed by atoms with Crippen LogP contribution in [0.4, 0.5) is 0 Å². The third kappa shape index (κ3) is 4.88. The van der Waals surface area contributed by atoms with Crippen molar-refractivity contribution in [3.8, 4) is 0 Å². The first-order valence-corrected chi connectivity index (χ1v) is 4.54. The third-order valence-electron chi connectivity index (χ3n) is 1.69. The van der Waals surface area contributed by atoms with Crippen molar-refractivity contribution in [2.75, 3.05) is 0 Å². The number of carboxylic acids is 1. The highest BCUT2D eigenvalue weighted by molar-refractivity contribution is 5.74. The van der Waals surface area contributed by atoms with Crippen LogP contribution in [-0.4, -0.2) is 22.7 Å². The topological polar surface area (TPSA) is 49.3 Å². The number of hydrogen-bond acceptors (Lipinski definition) is 2.